The van der Waals surface area contributed by atoms with Crippen LogP contribution in [-0.4, -0.2) is 12.0 Å². The monoisotopic (exact) mass is 220 g/mol. The van der Waals surface area contributed by atoms with E-state index in [1.807, 2.05) is 0 Å². The molecule has 1 rings (SSSR count). The zero-order valence-corrected chi connectivity index (χ0v) is 8.44. The molecule has 0 N–H and O–H groups in total. The van der Waals surface area contributed by atoms with E-state index in [-0.39, 0.29) is 5.56 Å². The molecule has 0 aromatic carbocycles. The van der Waals surface area contributed by atoms with Crippen molar-refractivity contribution in [1.82, 2.24) is 0 Å². The Balaban J connectivity index is 2.66. The first kappa shape index (κ1) is 11.8. The molecule has 2 nitrogen and oxygen atoms in total. The first-order chi connectivity index (χ1) is 6.79. The number of rotatable bonds is 3. The van der Waals surface area contributed by atoms with Crippen LogP contribution in [0.1, 0.15) is 34.7 Å². The van der Waals surface area contributed by atoms with Gasteiger partial charge in [0.1, 0.15) is 11.5 Å². The normalized spacial score (nSPS) is 11.8. The van der Waals surface area contributed by atoms with Gasteiger partial charge in [-0.1, -0.05) is 0 Å². The van der Waals surface area contributed by atoms with Gasteiger partial charge in [0.15, 0.2) is 5.78 Å². The van der Waals surface area contributed by atoms with Gasteiger partial charge in [-0.2, -0.15) is 13.2 Å². The van der Waals surface area contributed by atoms with Crippen LogP contribution in [0.15, 0.2) is 10.5 Å². The summed E-state index contributed by atoms with van der Waals surface area (Å²) < 4.78 is 40.7. The lowest BCUT2D eigenvalue weighted by atomic mass is 10.1. The summed E-state index contributed by atoms with van der Waals surface area (Å²) in [5.41, 5.74) is 0.247. The number of furan rings is 1. The van der Waals surface area contributed by atoms with Crippen molar-refractivity contribution in [3.8, 4) is 0 Å². The number of alkyl halides is 3. The molecular formula is C10H11F3O2. The van der Waals surface area contributed by atoms with E-state index in [9.17, 15) is 18.0 Å². The summed E-state index contributed by atoms with van der Waals surface area (Å²) >= 11 is 0. The Morgan fingerprint density at radius 2 is 2.00 bits per heavy atom. The van der Waals surface area contributed by atoms with Gasteiger partial charge in [0.25, 0.3) is 0 Å². The molecule has 0 aliphatic carbocycles. The molecule has 0 atom stereocenters. The summed E-state index contributed by atoms with van der Waals surface area (Å²) in [7, 11) is 0. The average molecular weight is 220 g/mol. The summed E-state index contributed by atoms with van der Waals surface area (Å²) in [6, 6.07) is 1.47. The lowest BCUT2D eigenvalue weighted by Crippen LogP contribution is -2.11. The zero-order valence-electron chi connectivity index (χ0n) is 8.44. The highest BCUT2D eigenvalue weighted by Gasteiger charge is 2.28. The molecule has 0 fully saturated rings. The fraction of sp³-hybridized carbons (Fsp3) is 0.500. The summed E-state index contributed by atoms with van der Waals surface area (Å²) in [6.07, 6.45) is -5.90. The Morgan fingerprint density at radius 3 is 2.40 bits per heavy atom. The maximum atomic E-state index is 11.9. The van der Waals surface area contributed by atoms with Crippen LogP contribution in [0.25, 0.3) is 0 Å². The zero-order chi connectivity index (χ0) is 11.6. The van der Waals surface area contributed by atoms with Crippen molar-refractivity contribution in [2.24, 2.45) is 0 Å². The molecule has 0 amide bonds. The molecule has 15 heavy (non-hydrogen) atoms. The van der Waals surface area contributed by atoms with E-state index in [1.165, 1.54) is 6.07 Å². The molecule has 0 radical (unpaired) electrons. The van der Waals surface area contributed by atoms with Crippen molar-refractivity contribution in [3.05, 3.63) is 23.2 Å². The van der Waals surface area contributed by atoms with E-state index in [0.29, 0.717) is 11.5 Å². The average Bonchev–Trinajstić information content (AvgIpc) is 2.40. The Kier molecular flexibility index (Phi) is 3.21. The summed E-state index contributed by atoms with van der Waals surface area (Å²) in [5, 5.41) is 0. The molecular weight excluding hydrogens is 209 g/mol. The fourth-order valence-electron chi connectivity index (χ4n) is 1.30. The number of carbonyl (C=O) groups is 1. The van der Waals surface area contributed by atoms with Crippen LogP contribution in [-0.2, 0) is 0 Å². The number of aryl methyl sites for hydroxylation is 2. The van der Waals surface area contributed by atoms with Crippen molar-refractivity contribution < 1.29 is 22.4 Å². The van der Waals surface area contributed by atoms with E-state index >= 15 is 0 Å². The van der Waals surface area contributed by atoms with Crippen LogP contribution >= 0.6 is 0 Å². The largest absolute Gasteiger partial charge is 0.466 e. The van der Waals surface area contributed by atoms with Gasteiger partial charge in [-0.05, 0) is 19.9 Å². The Morgan fingerprint density at radius 1 is 1.40 bits per heavy atom. The van der Waals surface area contributed by atoms with Gasteiger partial charge < -0.3 is 4.42 Å². The first-order valence-electron chi connectivity index (χ1n) is 4.46. The summed E-state index contributed by atoms with van der Waals surface area (Å²) in [6.45, 7) is 3.21. The van der Waals surface area contributed by atoms with E-state index in [0.717, 1.165) is 0 Å². The molecule has 0 spiro atoms. The fourth-order valence-corrected chi connectivity index (χ4v) is 1.30. The molecule has 0 saturated carbocycles. The van der Waals surface area contributed by atoms with Crippen LogP contribution in [0.3, 0.4) is 0 Å². The second-order valence-electron chi connectivity index (χ2n) is 3.37. The minimum Gasteiger partial charge on any atom is -0.466 e. The molecule has 0 unspecified atom stereocenters. The SMILES string of the molecule is Cc1cc(C(=O)CCC(F)(F)F)c(C)o1. The third kappa shape index (κ3) is 3.42. The van der Waals surface area contributed by atoms with Crippen LogP contribution in [0.4, 0.5) is 13.2 Å². The summed E-state index contributed by atoms with van der Waals surface area (Å²) in [5.74, 6) is 0.379. The van der Waals surface area contributed by atoms with E-state index in [4.69, 9.17) is 4.42 Å². The number of hydrogen-bond acceptors (Lipinski definition) is 2. The van der Waals surface area contributed by atoms with Gasteiger partial charge in [-0.3, -0.25) is 4.79 Å². The Bertz CT molecular complexity index is 363. The minimum atomic E-state index is -4.29. The van der Waals surface area contributed by atoms with E-state index < -0.39 is 24.8 Å². The molecule has 0 aliphatic rings. The van der Waals surface area contributed by atoms with Gasteiger partial charge in [0.2, 0.25) is 0 Å². The van der Waals surface area contributed by atoms with E-state index in [2.05, 4.69) is 0 Å². The minimum absolute atomic E-state index is 0.247. The predicted molar refractivity (Wildman–Crippen MR) is 47.8 cm³/mol. The molecule has 0 aliphatic heterocycles. The van der Waals surface area contributed by atoms with Crippen molar-refractivity contribution >= 4 is 5.78 Å². The molecule has 1 heterocycles. The van der Waals surface area contributed by atoms with Crippen LogP contribution in [0.5, 0.6) is 0 Å². The van der Waals surface area contributed by atoms with Crippen molar-refractivity contribution in [2.45, 2.75) is 32.9 Å². The van der Waals surface area contributed by atoms with Crippen molar-refractivity contribution in [3.63, 3.8) is 0 Å². The van der Waals surface area contributed by atoms with Crippen molar-refractivity contribution in [2.75, 3.05) is 0 Å². The molecule has 0 saturated heterocycles. The first-order valence-corrected chi connectivity index (χ1v) is 4.46. The lowest BCUT2D eigenvalue weighted by Gasteiger charge is -2.04. The van der Waals surface area contributed by atoms with Gasteiger partial charge in [0, 0.05) is 6.42 Å². The molecule has 0 bridgehead atoms. The van der Waals surface area contributed by atoms with Gasteiger partial charge in [0.05, 0.1) is 12.0 Å². The lowest BCUT2D eigenvalue weighted by molar-refractivity contribution is -0.133. The second kappa shape index (κ2) is 4.08. The van der Waals surface area contributed by atoms with E-state index in [1.54, 1.807) is 13.8 Å². The maximum absolute atomic E-state index is 11.9. The quantitative estimate of drug-likeness (QED) is 0.730. The Hall–Kier alpha value is -1.26. The maximum Gasteiger partial charge on any atom is 0.389 e. The smallest absolute Gasteiger partial charge is 0.389 e. The third-order valence-corrected chi connectivity index (χ3v) is 1.98. The number of Topliss-reactive ketones (excluding diaryl/α,β-unsaturated/α-hetero) is 1. The molecule has 84 valence electrons. The number of ketones is 1. The van der Waals surface area contributed by atoms with Crippen LogP contribution in [0.2, 0.25) is 0 Å². The van der Waals surface area contributed by atoms with Gasteiger partial charge in [-0.25, -0.2) is 0 Å². The van der Waals surface area contributed by atoms with Gasteiger partial charge >= 0.3 is 6.18 Å². The number of halogens is 3. The third-order valence-electron chi connectivity index (χ3n) is 1.98. The highest BCUT2D eigenvalue weighted by Crippen LogP contribution is 2.24. The molecule has 1 aromatic heterocycles. The molecule has 1 aromatic rings. The predicted octanol–water partition coefficient (Wildman–Crippen LogP) is 3.42. The second-order valence-corrected chi connectivity index (χ2v) is 3.37. The highest BCUT2D eigenvalue weighted by molar-refractivity contribution is 5.97. The standard InChI is InChI=1S/C10H11F3O2/c1-6-5-8(7(2)15-6)9(14)3-4-10(11,12)13/h5H,3-4H2,1-2H3. The number of carbonyl (C=O) groups excluding carboxylic acids is 1. The Labute approximate surface area is 85.1 Å². The highest BCUT2D eigenvalue weighted by atomic mass is 19.4. The van der Waals surface area contributed by atoms with Crippen LogP contribution in [0, 0.1) is 13.8 Å². The van der Waals surface area contributed by atoms with Gasteiger partial charge in [-0.15, -0.1) is 0 Å². The summed E-state index contributed by atoms with van der Waals surface area (Å²) in [4.78, 5) is 11.4. The van der Waals surface area contributed by atoms with Crippen LogP contribution < -0.4 is 0 Å². The molecule has 5 heteroatoms. The van der Waals surface area contributed by atoms with Crippen molar-refractivity contribution in [1.29, 1.82) is 0 Å². The number of hydrogen-bond donors (Lipinski definition) is 0. The topological polar surface area (TPSA) is 30.2 Å².